The summed E-state index contributed by atoms with van der Waals surface area (Å²) in [6.45, 7) is 6.41. The Morgan fingerprint density at radius 1 is 1.10 bits per heavy atom. The minimum Gasteiger partial charge on any atom is -0.326 e. The van der Waals surface area contributed by atoms with E-state index in [0.717, 1.165) is 12.8 Å². The van der Waals surface area contributed by atoms with Gasteiger partial charge in [-0.25, -0.2) is 0 Å². The molecule has 2 atom stereocenters. The third-order valence-electron chi connectivity index (χ3n) is 1.76. The highest BCUT2D eigenvalue weighted by Crippen LogP contribution is 2.06. The molecule has 0 spiro atoms. The van der Waals surface area contributed by atoms with Crippen LogP contribution in [0.3, 0.4) is 0 Å². The van der Waals surface area contributed by atoms with Crippen LogP contribution in [-0.4, -0.2) is 12.1 Å². The van der Waals surface area contributed by atoms with Crippen molar-refractivity contribution in [2.45, 2.75) is 45.7 Å². The molecule has 0 saturated heterocycles. The first-order valence-electron chi connectivity index (χ1n) is 4.09. The molecule has 4 N–H and O–H groups in total. The number of hydrogen-bond acceptors (Lipinski definition) is 2. The molecule has 62 valence electrons. The minimum atomic E-state index is 0.183. The molecule has 0 aliphatic carbocycles. The van der Waals surface area contributed by atoms with Crippen molar-refractivity contribution < 1.29 is 0 Å². The lowest BCUT2D eigenvalue weighted by atomic mass is 9.97. The monoisotopic (exact) mass is 144 g/mol. The Morgan fingerprint density at radius 2 is 1.60 bits per heavy atom. The van der Waals surface area contributed by atoms with Crippen LogP contribution in [0.5, 0.6) is 0 Å². The van der Waals surface area contributed by atoms with Crippen LogP contribution in [0.25, 0.3) is 0 Å². The molecule has 0 radical (unpaired) electrons. The average molecular weight is 144 g/mol. The van der Waals surface area contributed by atoms with E-state index in [4.69, 9.17) is 11.5 Å². The Morgan fingerprint density at radius 3 is 1.90 bits per heavy atom. The van der Waals surface area contributed by atoms with Crippen molar-refractivity contribution in [1.82, 2.24) is 0 Å². The highest BCUT2D eigenvalue weighted by atomic mass is 14.8. The summed E-state index contributed by atoms with van der Waals surface area (Å²) in [5, 5.41) is 0. The summed E-state index contributed by atoms with van der Waals surface area (Å²) in [4.78, 5) is 0. The summed E-state index contributed by atoms with van der Waals surface area (Å²) in [6.07, 6.45) is 2.02. The second-order valence-corrected chi connectivity index (χ2v) is 3.37. The Bertz CT molecular complexity index is 81.3. The van der Waals surface area contributed by atoms with Gasteiger partial charge in [-0.05, 0) is 18.8 Å². The lowest BCUT2D eigenvalue weighted by Gasteiger charge is -2.19. The summed E-state index contributed by atoms with van der Waals surface area (Å²) in [7, 11) is 0. The molecule has 0 aliphatic rings. The Hall–Kier alpha value is -0.0800. The van der Waals surface area contributed by atoms with Gasteiger partial charge in [-0.1, -0.05) is 20.8 Å². The lowest BCUT2D eigenvalue weighted by molar-refractivity contribution is 0.424. The van der Waals surface area contributed by atoms with Crippen molar-refractivity contribution in [3.8, 4) is 0 Å². The van der Waals surface area contributed by atoms with E-state index >= 15 is 0 Å². The molecule has 2 nitrogen and oxygen atoms in total. The van der Waals surface area contributed by atoms with Gasteiger partial charge in [0.15, 0.2) is 0 Å². The zero-order valence-corrected chi connectivity index (χ0v) is 7.30. The smallest absolute Gasteiger partial charge is 0.0194 e. The molecule has 0 rings (SSSR count). The van der Waals surface area contributed by atoms with E-state index in [0.29, 0.717) is 5.92 Å². The van der Waals surface area contributed by atoms with E-state index in [1.807, 2.05) is 0 Å². The van der Waals surface area contributed by atoms with Crippen molar-refractivity contribution in [2.24, 2.45) is 17.4 Å². The SMILES string of the molecule is CCC(N)C(N)CC(C)C. The fraction of sp³-hybridized carbons (Fsp3) is 1.00. The zero-order valence-electron chi connectivity index (χ0n) is 7.30. The van der Waals surface area contributed by atoms with Gasteiger partial charge in [-0.15, -0.1) is 0 Å². The van der Waals surface area contributed by atoms with Crippen LogP contribution in [-0.2, 0) is 0 Å². The van der Waals surface area contributed by atoms with Gasteiger partial charge in [-0.2, -0.15) is 0 Å². The van der Waals surface area contributed by atoms with Gasteiger partial charge in [0, 0.05) is 12.1 Å². The van der Waals surface area contributed by atoms with E-state index in [-0.39, 0.29) is 12.1 Å². The molecule has 0 fully saturated rings. The van der Waals surface area contributed by atoms with E-state index < -0.39 is 0 Å². The van der Waals surface area contributed by atoms with E-state index in [1.54, 1.807) is 0 Å². The number of hydrogen-bond donors (Lipinski definition) is 2. The van der Waals surface area contributed by atoms with E-state index in [9.17, 15) is 0 Å². The summed E-state index contributed by atoms with van der Waals surface area (Å²) in [6, 6.07) is 0.368. The highest BCUT2D eigenvalue weighted by Gasteiger charge is 2.11. The van der Waals surface area contributed by atoms with Gasteiger partial charge in [0.2, 0.25) is 0 Å². The van der Waals surface area contributed by atoms with Crippen LogP contribution in [0, 0.1) is 5.92 Å². The molecule has 2 unspecified atom stereocenters. The summed E-state index contributed by atoms with van der Waals surface area (Å²) in [5.41, 5.74) is 11.5. The van der Waals surface area contributed by atoms with Gasteiger partial charge >= 0.3 is 0 Å². The third-order valence-corrected chi connectivity index (χ3v) is 1.76. The quantitative estimate of drug-likeness (QED) is 0.620. The molecule has 2 heteroatoms. The minimum absolute atomic E-state index is 0.183. The number of rotatable bonds is 4. The maximum atomic E-state index is 5.80. The van der Waals surface area contributed by atoms with Gasteiger partial charge in [0.05, 0.1) is 0 Å². The molecular formula is C8H20N2. The fourth-order valence-corrected chi connectivity index (χ4v) is 1.02. The molecule has 0 aromatic rings. The maximum Gasteiger partial charge on any atom is 0.0194 e. The second kappa shape index (κ2) is 4.69. The van der Waals surface area contributed by atoms with Gasteiger partial charge in [0.25, 0.3) is 0 Å². The van der Waals surface area contributed by atoms with Crippen molar-refractivity contribution in [3.63, 3.8) is 0 Å². The fourth-order valence-electron chi connectivity index (χ4n) is 1.02. The van der Waals surface area contributed by atoms with E-state index in [2.05, 4.69) is 20.8 Å². The molecule has 0 saturated carbocycles. The van der Waals surface area contributed by atoms with Crippen molar-refractivity contribution in [3.05, 3.63) is 0 Å². The third kappa shape index (κ3) is 3.85. The highest BCUT2D eigenvalue weighted by molar-refractivity contribution is 4.75. The molecule has 10 heavy (non-hydrogen) atoms. The van der Waals surface area contributed by atoms with Crippen LogP contribution in [0.2, 0.25) is 0 Å². The molecule has 0 bridgehead atoms. The Balaban J connectivity index is 3.50. The van der Waals surface area contributed by atoms with Gasteiger partial charge in [0.1, 0.15) is 0 Å². The van der Waals surface area contributed by atoms with Crippen LogP contribution in [0.15, 0.2) is 0 Å². The van der Waals surface area contributed by atoms with Crippen molar-refractivity contribution >= 4 is 0 Å². The van der Waals surface area contributed by atoms with E-state index in [1.165, 1.54) is 0 Å². The summed E-state index contributed by atoms with van der Waals surface area (Å²) in [5.74, 6) is 0.660. The van der Waals surface area contributed by atoms with Crippen LogP contribution in [0.1, 0.15) is 33.6 Å². The van der Waals surface area contributed by atoms with Crippen molar-refractivity contribution in [1.29, 1.82) is 0 Å². The Labute approximate surface area is 64.0 Å². The first kappa shape index (κ1) is 9.92. The summed E-state index contributed by atoms with van der Waals surface area (Å²) >= 11 is 0. The largest absolute Gasteiger partial charge is 0.326 e. The maximum absolute atomic E-state index is 5.80. The summed E-state index contributed by atoms with van der Waals surface area (Å²) < 4.78 is 0. The molecule has 0 aromatic heterocycles. The second-order valence-electron chi connectivity index (χ2n) is 3.37. The van der Waals surface area contributed by atoms with Gasteiger partial charge in [-0.3, -0.25) is 0 Å². The predicted octanol–water partition coefficient (Wildman–Crippen LogP) is 1.10. The topological polar surface area (TPSA) is 52.0 Å². The molecular weight excluding hydrogens is 124 g/mol. The molecule has 0 heterocycles. The number of nitrogens with two attached hydrogens (primary N) is 2. The normalized spacial score (nSPS) is 17.4. The van der Waals surface area contributed by atoms with Gasteiger partial charge < -0.3 is 11.5 Å². The predicted molar refractivity (Wildman–Crippen MR) is 45.7 cm³/mol. The molecule has 0 amide bonds. The first-order chi connectivity index (χ1) is 4.57. The first-order valence-corrected chi connectivity index (χ1v) is 4.09. The zero-order chi connectivity index (χ0) is 8.15. The van der Waals surface area contributed by atoms with Crippen LogP contribution >= 0.6 is 0 Å². The average Bonchev–Trinajstić information content (AvgIpc) is 1.85. The molecule has 0 aromatic carbocycles. The van der Waals surface area contributed by atoms with Crippen LogP contribution < -0.4 is 11.5 Å². The molecule has 0 aliphatic heterocycles. The Kier molecular flexibility index (Phi) is 4.65. The lowest BCUT2D eigenvalue weighted by Crippen LogP contribution is -2.41. The van der Waals surface area contributed by atoms with Crippen molar-refractivity contribution in [2.75, 3.05) is 0 Å². The van der Waals surface area contributed by atoms with Crippen LogP contribution in [0.4, 0.5) is 0 Å². The standard InChI is InChI=1S/C8H20N2/c1-4-7(9)8(10)5-6(2)3/h6-8H,4-5,9-10H2,1-3H3.